The van der Waals surface area contributed by atoms with Crippen LogP contribution < -0.4 is 5.32 Å². The van der Waals surface area contributed by atoms with Gasteiger partial charge in [-0.1, -0.05) is 15.9 Å². The number of carbonyl (C=O) groups is 1. The van der Waals surface area contributed by atoms with Crippen molar-refractivity contribution in [3.63, 3.8) is 0 Å². The quantitative estimate of drug-likeness (QED) is 0.833. The van der Waals surface area contributed by atoms with Gasteiger partial charge < -0.3 is 15.0 Å². The van der Waals surface area contributed by atoms with E-state index in [0.29, 0.717) is 31.7 Å². The highest BCUT2D eigenvalue weighted by Gasteiger charge is 2.21. The molecule has 0 aromatic heterocycles. The standard InChI is InChI=1S/C15H20BrFN2O2.ClH/c1-2-19(9-11-7-12(16)3-4-14(11)17)15(20)8-13-10-21-6-5-18-13;/h3-4,7,13,18H,2,5-6,8-10H2,1H3;1H. The highest BCUT2D eigenvalue weighted by Crippen LogP contribution is 2.18. The second-order valence-electron chi connectivity index (χ2n) is 5.07. The minimum Gasteiger partial charge on any atom is -0.378 e. The van der Waals surface area contributed by atoms with E-state index in [1.54, 1.807) is 17.0 Å². The van der Waals surface area contributed by atoms with Crippen molar-refractivity contribution in [2.75, 3.05) is 26.3 Å². The molecule has 124 valence electrons. The molecule has 0 spiro atoms. The summed E-state index contributed by atoms with van der Waals surface area (Å²) in [5.41, 5.74) is 0.521. The van der Waals surface area contributed by atoms with Crippen LogP contribution in [0.3, 0.4) is 0 Å². The van der Waals surface area contributed by atoms with E-state index in [0.717, 1.165) is 11.0 Å². The van der Waals surface area contributed by atoms with Crippen LogP contribution in [0.1, 0.15) is 18.9 Å². The summed E-state index contributed by atoms with van der Waals surface area (Å²) in [5, 5.41) is 3.26. The maximum Gasteiger partial charge on any atom is 0.224 e. The Balaban J connectivity index is 0.00000242. The Bertz CT molecular complexity index is 498. The Labute approximate surface area is 144 Å². The second-order valence-corrected chi connectivity index (χ2v) is 5.99. The molecular formula is C15H21BrClFN2O2. The monoisotopic (exact) mass is 394 g/mol. The minimum absolute atomic E-state index is 0. The lowest BCUT2D eigenvalue weighted by Crippen LogP contribution is -2.45. The van der Waals surface area contributed by atoms with Crippen molar-refractivity contribution >= 4 is 34.2 Å². The Morgan fingerprint density at radius 1 is 1.55 bits per heavy atom. The molecule has 1 unspecified atom stereocenters. The highest BCUT2D eigenvalue weighted by atomic mass is 79.9. The predicted molar refractivity (Wildman–Crippen MR) is 89.7 cm³/mol. The molecule has 1 aliphatic rings. The molecule has 0 radical (unpaired) electrons. The number of ether oxygens (including phenoxy) is 1. The van der Waals surface area contributed by atoms with Crippen LogP contribution in [0.5, 0.6) is 0 Å². The third-order valence-electron chi connectivity index (χ3n) is 3.52. The Morgan fingerprint density at radius 3 is 2.95 bits per heavy atom. The number of morpholine rings is 1. The summed E-state index contributed by atoms with van der Waals surface area (Å²) in [6.07, 6.45) is 0.378. The van der Waals surface area contributed by atoms with Crippen molar-refractivity contribution in [3.05, 3.63) is 34.1 Å². The van der Waals surface area contributed by atoms with E-state index in [4.69, 9.17) is 4.74 Å². The van der Waals surface area contributed by atoms with Gasteiger partial charge in [0.05, 0.1) is 13.2 Å². The van der Waals surface area contributed by atoms with Crippen LogP contribution in [0.2, 0.25) is 0 Å². The van der Waals surface area contributed by atoms with Gasteiger partial charge in [0.25, 0.3) is 0 Å². The molecule has 0 saturated carbocycles. The van der Waals surface area contributed by atoms with Gasteiger partial charge in [0.2, 0.25) is 5.91 Å². The maximum absolute atomic E-state index is 13.8. The first-order valence-corrected chi connectivity index (χ1v) is 7.92. The maximum atomic E-state index is 13.8. The number of hydrogen-bond donors (Lipinski definition) is 1. The molecule has 0 aliphatic carbocycles. The number of benzene rings is 1. The second kappa shape index (κ2) is 9.45. The van der Waals surface area contributed by atoms with E-state index < -0.39 is 0 Å². The summed E-state index contributed by atoms with van der Waals surface area (Å²) >= 11 is 3.33. The molecule has 4 nitrogen and oxygen atoms in total. The number of hydrogen-bond acceptors (Lipinski definition) is 3. The van der Waals surface area contributed by atoms with Gasteiger partial charge in [-0.25, -0.2) is 4.39 Å². The number of amides is 1. The zero-order chi connectivity index (χ0) is 15.2. The zero-order valence-electron chi connectivity index (χ0n) is 12.5. The first-order chi connectivity index (χ1) is 10.1. The van der Waals surface area contributed by atoms with Crippen LogP contribution >= 0.6 is 28.3 Å². The lowest BCUT2D eigenvalue weighted by molar-refractivity contribution is -0.132. The number of nitrogens with one attached hydrogen (secondary N) is 1. The fourth-order valence-electron chi connectivity index (χ4n) is 2.34. The Hall–Kier alpha value is -0.690. The SMILES string of the molecule is CCN(Cc1cc(Br)ccc1F)C(=O)CC1COCCN1.Cl. The Kier molecular flexibility index (Phi) is 8.31. The molecule has 1 heterocycles. The van der Waals surface area contributed by atoms with Crippen molar-refractivity contribution in [1.82, 2.24) is 10.2 Å². The fourth-order valence-corrected chi connectivity index (χ4v) is 2.75. The van der Waals surface area contributed by atoms with Crippen LogP contribution in [0.15, 0.2) is 22.7 Å². The molecule has 2 rings (SSSR count). The molecule has 1 fully saturated rings. The fraction of sp³-hybridized carbons (Fsp3) is 0.533. The van der Waals surface area contributed by atoms with Crippen molar-refractivity contribution < 1.29 is 13.9 Å². The molecule has 0 bridgehead atoms. The normalized spacial score (nSPS) is 17.7. The predicted octanol–water partition coefficient (Wildman–Crippen LogP) is 2.74. The van der Waals surface area contributed by atoms with Gasteiger partial charge in [0, 0.05) is 42.1 Å². The summed E-state index contributed by atoms with van der Waals surface area (Å²) in [6.45, 7) is 4.75. The summed E-state index contributed by atoms with van der Waals surface area (Å²) in [6, 6.07) is 4.83. The summed E-state index contributed by atoms with van der Waals surface area (Å²) in [5.74, 6) is -0.275. The molecule has 22 heavy (non-hydrogen) atoms. The third kappa shape index (κ3) is 5.50. The van der Waals surface area contributed by atoms with E-state index in [1.807, 2.05) is 6.92 Å². The van der Waals surface area contributed by atoms with Crippen LogP contribution in [0.25, 0.3) is 0 Å². The minimum atomic E-state index is -0.288. The lowest BCUT2D eigenvalue weighted by Gasteiger charge is -2.27. The van der Waals surface area contributed by atoms with Crippen LogP contribution in [0.4, 0.5) is 4.39 Å². The van der Waals surface area contributed by atoms with Crippen LogP contribution in [-0.2, 0) is 16.1 Å². The molecular weight excluding hydrogens is 375 g/mol. The third-order valence-corrected chi connectivity index (χ3v) is 4.02. The van der Waals surface area contributed by atoms with Gasteiger partial charge in [0.15, 0.2) is 0 Å². The molecule has 1 aromatic carbocycles. The van der Waals surface area contributed by atoms with Crippen molar-refractivity contribution in [3.8, 4) is 0 Å². The number of rotatable bonds is 5. The molecule has 1 atom stereocenters. The van der Waals surface area contributed by atoms with E-state index in [-0.39, 0.29) is 36.7 Å². The Morgan fingerprint density at radius 2 is 2.32 bits per heavy atom. The summed E-state index contributed by atoms with van der Waals surface area (Å²) in [7, 11) is 0. The topological polar surface area (TPSA) is 41.6 Å². The number of nitrogens with zero attached hydrogens (tertiary/aromatic N) is 1. The number of carbonyl (C=O) groups excluding carboxylic acids is 1. The van der Waals surface area contributed by atoms with Crippen molar-refractivity contribution in [1.29, 1.82) is 0 Å². The average molecular weight is 396 g/mol. The smallest absolute Gasteiger partial charge is 0.224 e. The van der Waals surface area contributed by atoms with E-state index in [2.05, 4.69) is 21.2 Å². The first kappa shape index (κ1) is 19.4. The zero-order valence-corrected chi connectivity index (χ0v) is 14.9. The first-order valence-electron chi connectivity index (χ1n) is 7.13. The largest absolute Gasteiger partial charge is 0.378 e. The summed E-state index contributed by atoms with van der Waals surface area (Å²) < 4.78 is 20.0. The van der Waals surface area contributed by atoms with Gasteiger partial charge in [-0.05, 0) is 25.1 Å². The van der Waals surface area contributed by atoms with Gasteiger partial charge in [-0.15, -0.1) is 12.4 Å². The summed E-state index contributed by atoms with van der Waals surface area (Å²) in [4.78, 5) is 14.0. The average Bonchev–Trinajstić information content (AvgIpc) is 2.49. The van der Waals surface area contributed by atoms with Crippen LogP contribution in [-0.4, -0.2) is 43.2 Å². The molecule has 1 aromatic rings. The van der Waals surface area contributed by atoms with Gasteiger partial charge in [-0.2, -0.15) is 0 Å². The molecule has 1 saturated heterocycles. The van der Waals surface area contributed by atoms with Gasteiger partial charge in [-0.3, -0.25) is 4.79 Å². The van der Waals surface area contributed by atoms with E-state index >= 15 is 0 Å². The van der Waals surface area contributed by atoms with E-state index in [9.17, 15) is 9.18 Å². The molecule has 1 amide bonds. The highest BCUT2D eigenvalue weighted by molar-refractivity contribution is 9.10. The van der Waals surface area contributed by atoms with Crippen molar-refractivity contribution in [2.45, 2.75) is 25.9 Å². The lowest BCUT2D eigenvalue weighted by atomic mass is 10.1. The number of halogens is 3. The van der Waals surface area contributed by atoms with E-state index in [1.165, 1.54) is 6.07 Å². The van der Waals surface area contributed by atoms with Crippen molar-refractivity contribution in [2.24, 2.45) is 0 Å². The van der Waals surface area contributed by atoms with Gasteiger partial charge >= 0.3 is 0 Å². The van der Waals surface area contributed by atoms with Gasteiger partial charge in [0.1, 0.15) is 5.82 Å². The van der Waals surface area contributed by atoms with Crippen LogP contribution in [0, 0.1) is 5.82 Å². The molecule has 1 N–H and O–H groups in total. The molecule has 7 heteroatoms. The molecule has 1 aliphatic heterocycles.